The molecule has 0 spiro atoms. The van der Waals surface area contributed by atoms with Gasteiger partial charge in [-0.25, -0.2) is 13.8 Å². The number of benzene rings is 1. The van der Waals surface area contributed by atoms with Gasteiger partial charge in [-0.3, -0.25) is 9.38 Å². The van der Waals surface area contributed by atoms with Gasteiger partial charge in [-0.2, -0.15) is 17.9 Å². The van der Waals surface area contributed by atoms with Crippen LogP contribution in [-0.4, -0.2) is 40.5 Å². The van der Waals surface area contributed by atoms with E-state index in [2.05, 4.69) is 31.0 Å². The molecule has 0 saturated heterocycles. The lowest BCUT2D eigenvalue weighted by Gasteiger charge is -2.14. The Kier molecular flexibility index (Phi) is 5.54. The number of sulfonamides is 1. The fourth-order valence-electron chi connectivity index (χ4n) is 2.85. The predicted molar refractivity (Wildman–Crippen MR) is 115 cm³/mol. The summed E-state index contributed by atoms with van der Waals surface area (Å²) in [6, 6.07) is 8.78. The van der Waals surface area contributed by atoms with E-state index in [0.717, 1.165) is 24.2 Å². The van der Waals surface area contributed by atoms with Crippen LogP contribution >= 0.6 is 15.9 Å². The third kappa shape index (κ3) is 4.06. The number of halogens is 3. The Labute approximate surface area is 184 Å². The summed E-state index contributed by atoms with van der Waals surface area (Å²) in [6.07, 6.45) is 8.01. The molecule has 0 saturated carbocycles. The maximum atomic E-state index is 14.1. The van der Waals surface area contributed by atoms with Crippen LogP contribution in [0.4, 0.5) is 8.78 Å². The molecule has 0 fully saturated rings. The maximum Gasteiger partial charge on any atom is 0.281 e. The van der Waals surface area contributed by atoms with Crippen molar-refractivity contribution in [2.45, 2.75) is 4.90 Å². The smallest absolute Gasteiger partial charge is 0.281 e. The zero-order valence-electron chi connectivity index (χ0n) is 15.9. The molecule has 11 heteroatoms. The van der Waals surface area contributed by atoms with E-state index in [1.165, 1.54) is 12.4 Å². The van der Waals surface area contributed by atoms with Crippen molar-refractivity contribution in [2.24, 2.45) is 5.10 Å². The van der Waals surface area contributed by atoms with Crippen LogP contribution in [0.15, 0.2) is 75.7 Å². The molecule has 0 unspecified atom stereocenters. The van der Waals surface area contributed by atoms with E-state index in [9.17, 15) is 17.2 Å². The number of hydrazone groups is 1. The first-order valence-corrected chi connectivity index (χ1v) is 11.1. The molecule has 0 atom stereocenters. The number of pyridine rings is 2. The molecule has 1 aromatic carbocycles. The lowest BCUT2D eigenvalue weighted by molar-refractivity contribution is 0.478. The van der Waals surface area contributed by atoms with Gasteiger partial charge in [0.15, 0.2) is 0 Å². The highest BCUT2D eigenvalue weighted by Crippen LogP contribution is 2.25. The fraction of sp³-hybridized carbons (Fsp3) is 0.0500. The number of nitrogens with zero attached hydrogens (tertiary/aromatic N) is 5. The molecular formula is C20H14BrF2N5O2S. The Morgan fingerprint density at radius 1 is 1.13 bits per heavy atom. The highest BCUT2D eigenvalue weighted by molar-refractivity contribution is 9.10. The van der Waals surface area contributed by atoms with Crippen molar-refractivity contribution in [2.75, 3.05) is 7.05 Å². The Hall–Kier alpha value is -3.18. The van der Waals surface area contributed by atoms with Crippen LogP contribution in [0.3, 0.4) is 0 Å². The summed E-state index contributed by atoms with van der Waals surface area (Å²) in [5.74, 6) is -1.99. The topological polar surface area (TPSA) is 79.9 Å². The van der Waals surface area contributed by atoms with Crippen molar-refractivity contribution in [1.29, 1.82) is 0 Å². The molecule has 4 aromatic rings. The lowest BCUT2D eigenvalue weighted by atomic mass is 10.1. The van der Waals surface area contributed by atoms with Crippen molar-refractivity contribution >= 4 is 37.8 Å². The van der Waals surface area contributed by atoms with Gasteiger partial charge in [0.05, 0.1) is 22.6 Å². The summed E-state index contributed by atoms with van der Waals surface area (Å²) in [7, 11) is -3.27. The van der Waals surface area contributed by atoms with E-state index in [1.807, 2.05) is 24.4 Å². The summed E-state index contributed by atoms with van der Waals surface area (Å²) in [4.78, 5) is 7.55. The van der Waals surface area contributed by atoms with Gasteiger partial charge in [-0.15, -0.1) is 0 Å². The Balaban J connectivity index is 1.67. The number of hydrogen-bond donors (Lipinski definition) is 0. The third-order valence-corrected chi connectivity index (χ3v) is 6.75. The van der Waals surface area contributed by atoms with Crippen LogP contribution in [0.2, 0.25) is 0 Å². The largest absolute Gasteiger partial charge is 0.298 e. The number of imidazole rings is 1. The molecule has 0 amide bonds. The van der Waals surface area contributed by atoms with E-state index < -0.39 is 26.6 Å². The second kappa shape index (κ2) is 8.16. The van der Waals surface area contributed by atoms with E-state index in [4.69, 9.17) is 0 Å². The van der Waals surface area contributed by atoms with Gasteiger partial charge in [0.1, 0.15) is 22.2 Å². The van der Waals surface area contributed by atoms with Gasteiger partial charge in [0.2, 0.25) is 0 Å². The summed E-state index contributed by atoms with van der Waals surface area (Å²) < 4.78 is 55.3. The normalized spacial score (nSPS) is 12.0. The van der Waals surface area contributed by atoms with Crippen molar-refractivity contribution in [3.63, 3.8) is 0 Å². The first-order chi connectivity index (χ1) is 14.8. The molecule has 0 N–H and O–H groups in total. The number of rotatable bonds is 5. The molecule has 158 valence electrons. The molecule has 7 nitrogen and oxygen atoms in total. The second-order valence-electron chi connectivity index (χ2n) is 6.45. The summed E-state index contributed by atoms with van der Waals surface area (Å²) >= 11 is 2.82. The molecular weight excluding hydrogens is 492 g/mol. The Morgan fingerprint density at radius 2 is 1.94 bits per heavy atom. The average Bonchev–Trinajstić information content (AvgIpc) is 3.17. The number of fused-ring (bicyclic) bond motifs is 1. The standard InChI is InChI=1S/C20H14BrF2N5O2S/c1-27(31(29,30)19-8-17(22)16(21)7-18(19)23)26-11-15-10-25-20-5-4-14(12-28(15)20)13-3-2-6-24-9-13/h2-12H,1H3. The average molecular weight is 506 g/mol. The first-order valence-electron chi connectivity index (χ1n) is 8.82. The van der Waals surface area contributed by atoms with Crippen molar-refractivity contribution in [3.05, 3.63) is 83.0 Å². The highest BCUT2D eigenvalue weighted by atomic mass is 79.9. The van der Waals surface area contributed by atoms with Crippen LogP contribution < -0.4 is 0 Å². The number of aromatic nitrogens is 3. The van der Waals surface area contributed by atoms with Gasteiger partial charge in [-0.05, 0) is 46.3 Å². The molecule has 0 aliphatic rings. The quantitative estimate of drug-likeness (QED) is 0.232. The number of hydrogen-bond acceptors (Lipinski definition) is 5. The van der Waals surface area contributed by atoms with Gasteiger partial charge >= 0.3 is 0 Å². The molecule has 3 heterocycles. The van der Waals surface area contributed by atoms with Crippen molar-refractivity contribution in [1.82, 2.24) is 18.8 Å². The van der Waals surface area contributed by atoms with Gasteiger partial charge < -0.3 is 0 Å². The van der Waals surface area contributed by atoms with Crippen LogP contribution in [0, 0.1) is 11.6 Å². The molecule has 3 aromatic heterocycles. The van der Waals surface area contributed by atoms with Crippen LogP contribution in [0.1, 0.15) is 5.69 Å². The molecule has 0 aliphatic carbocycles. The van der Waals surface area contributed by atoms with Gasteiger partial charge in [0, 0.05) is 36.8 Å². The lowest BCUT2D eigenvalue weighted by Crippen LogP contribution is -2.23. The minimum absolute atomic E-state index is 0.176. The molecule has 0 bridgehead atoms. The summed E-state index contributed by atoms with van der Waals surface area (Å²) in [6.45, 7) is 0. The minimum atomic E-state index is -4.40. The van der Waals surface area contributed by atoms with E-state index in [1.54, 1.807) is 22.9 Å². The highest BCUT2D eigenvalue weighted by Gasteiger charge is 2.25. The Bertz CT molecular complexity index is 1410. The molecule has 4 rings (SSSR count). The van der Waals surface area contributed by atoms with E-state index in [-0.39, 0.29) is 4.47 Å². The Morgan fingerprint density at radius 3 is 2.68 bits per heavy atom. The fourth-order valence-corrected chi connectivity index (χ4v) is 4.18. The molecule has 0 radical (unpaired) electrons. The monoisotopic (exact) mass is 505 g/mol. The predicted octanol–water partition coefficient (Wildman–Crippen LogP) is 4.09. The second-order valence-corrected chi connectivity index (χ2v) is 9.22. The van der Waals surface area contributed by atoms with Crippen molar-refractivity contribution in [3.8, 4) is 11.1 Å². The first kappa shape index (κ1) is 21.1. The van der Waals surface area contributed by atoms with Gasteiger partial charge in [-0.1, -0.05) is 6.07 Å². The maximum absolute atomic E-state index is 14.1. The zero-order valence-corrected chi connectivity index (χ0v) is 18.3. The molecule has 0 aliphatic heterocycles. The molecule has 31 heavy (non-hydrogen) atoms. The third-order valence-electron chi connectivity index (χ3n) is 4.48. The van der Waals surface area contributed by atoms with Gasteiger partial charge in [0.25, 0.3) is 10.0 Å². The minimum Gasteiger partial charge on any atom is -0.298 e. The van der Waals surface area contributed by atoms with E-state index in [0.29, 0.717) is 21.8 Å². The van der Waals surface area contributed by atoms with Crippen LogP contribution in [-0.2, 0) is 10.0 Å². The summed E-state index contributed by atoms with van der Waals surface area (Å²) in [5, 5.41) is 3.91. The zero-order chi connectivity index (χ0) is 22.2. The van der Waals surface area contributed by atoms with Crippen LogP contribution in [0.25, 0.3) is 16.8 Å². The van der Waals surface area contributed by atoms with Crippen molar-refractivity contribution < 1.29 is 17.2 Å². The van der Waals surface area contributed by atoms with E-state index >= 15 is 0 Å². The van der Waals surface area contributed by atoms with Crippen LogP contribution in [0.5, 0.6) is 0 Å². The summed E-state index contributed by atoms with van der Waals surface area (Å²) in [5.41, 5.74) is 2.89. The SMILES string of the molecule is CN(N=Cc1cnc2ccc(-c3cccnc3)cn12)S(=O)(=O)c1cc(F)c(Br)cc1F.